The minimum absolute atomic E-state index is 0.119. The Labute approximate surface area is 123 Å². The molecule has 0 aliphatic rings. The van der Waals surface area contributed by atoms with E-state index < -0.39 is 4.92 Å². The quantitative estimate of drug-likeness (QED) is 0.343. The highest BCUT2D eigenvalue weighted by atomic mass is 16.6. The third-order valence-corrected chi connectivity index (χ3v) is 2.91. The van der Waals surface area contributed by atoms with E-state index in [1.54, 1.807) is 13.8 Å². The first kappa shape index (κ1) is 16.8. The predicted molar refractivity (Wildman–Crippen MR) is 79.0 cm³/mol. The van der Waals surface area contributed by atoms with Crippen LogP contribution in [0.15, 0.2) is 11.2 Å². The number of carbonyl (C=O) groups excluding carboxylic acids is 1. The van der Waals surface area contributed by atoms with Crippen molar-refractivity contribution in [1.29, 1.82) is 0 Å². The topological polar surface area (TPSA) is 102 Å². The van der Waals surface area contributed by atoms with Crippen molar-refractivity contribution in [3.63, 3.8) is 0 Å². The molecular weight excluding hydrogens is 274 g/mol. The van der Waals surface area contributed by atoms with E-state index in [0.717, 1.165) is 19.3 Å². The number of nitrogens with zero attached hydrogens (tertiary/aromatic N) is 4. The van der Waals surface area contributed by atoms with Crippen molar-refractivity contribution < 1.29 is 9.72 Å². The van der Waals surface area contributed by atoms with Crippen LogP contribution in [0.5, 0.6) is 0 Å². The minimum Gasteiger partial charge on any atom is -0.358 e. The van der Waals surface area contributed by atoms with E-state index in [-0.39, 0.29) is 11.7 Å². The molecule has 1 aromatic heterocycles. The molecule has 0 radical (unpaired) electrons. The third kappa shape index (κ3) is 5.72. The molecule has 0 atom stereocenters. The normalized spacial score (nSPS) is 11.5. The molecule has 8 heteroatoms. The van der Waals surface area contributed by atoms with Crippen LogP contribution in [0.2, 0.25) is 0 Å². The fourth-order valence-corrected chi connectivity index (χ4v) is 1.74. The maximum absolute atomic E-state index is 11.5. The van der Waals surface area contributed by atoms with E-state index >= 15 is 0 Å². The van der Waals surface area contributed by atoms with Gasteiger partial charge in [-0.1, -0.05) is 19.8 Å². The lowest BCUT2D eigenvalue weighted by Gasteiger charge is -2.02. The average molecular weight is 295 g/mol. The Kier molecular flexibility index (Phi) is 6.51. The van der Waals surface area contributed by atoms with E-state index in [2.05, 4.69) is 22.5 Å². The molecule has 1 N–H and O–H groups in total. The van der Waals surface area contributed by atoms with Gasteiger partial charge in [0.15, 0.2) is 0 Å². The molecule has 1 rings (SSSR count). The molecule has 1 aromatic rings. The van der Waals surface area contributed by atoms with Gasteiger partial charge in [-0.15, -0.1) is 0 Å². The Bertz CT molecular complexity index is 536. The zero-order valence-electron chi connectivity index (χ0n) is 12.6. The summed E-state index contributed by atoms with van der Waals surface area (Å²) in [5, 5.41) is 18.5. The fourth-order valence-electron chi connectivity index (χ4n) is 1.74. The number of amides is 1. The molecule has 0 unspecified atom stereocenters. The van der Waals surface area contributed by atoms with Crippen LogP contribution in [-0.2, 0) is 11.3 Å². The number of hydrogen-bond donors (Lipinski definition) is 1. The lowest BCUT2D eigenvalue weighted by Crippen LogP contribution is -2.20. The Balaban J connectivity index is 2.52. The molecule has 1 heterocycles. The van der Waals surface area contributed by atoms with Gasteiger partial charge in [0.1, 0.15) is 6.54 Å². The molecule has 21 heavy (non-hydrogen) atoms. The number of nitro groups is 1. The SMILES string of the molecule is CCCCCC(=O)N/N=C(/C)Cn1nc([N+](=O)[O-])cc1C. The number of rotatable bonds is 8. The van der Waals surface area contributed by atoms with Crippen LogP contribution in [0.25, 0.3) is 0 Å². The van der Waals surface area contributed by atoms with Crippen LogP contribution >= 0.6 is 0 Å². The zero-order chi connectivity index (χ0) is 15.8. The standard InChI is InChI=1S/C13H21N5O3/c1-4-5-6-7-13(19)15-14-10(2)9-17-11(3)8-12(16-17)18(20)21/h8H,4-7,9H2,1-3H3,(H,15,19)/b14-10-. The first-order valence-corrected chi connectivity index (χ1v) is 6.95. The van der Waals surface area contributed by atoms with Gasteiger partial charge in [0.05, 0.1) is 22.6 Å². The number of aryl methyl sites for hydroxylation is 1. The molecule has 1 amide bonds. The lowest BCUT2D eigenvalue weighted by atomic mass is 10.2. The Morgan fingerprint density at radius 2 is 2.24 bits per heavy atom. The maximum Gasteiger partial charge on any atom is 0.390 e. The molecule has 8 nitrogen and oxygen atoms in total. The van der Waals surface area contributed by atoms with Crippen LogP contribution in [0, 0.1) is 17.0 Å². The molecule has 0 aliphatic heterocycles. The number of aromatic nitrogens is 2. The van der Waals surface area contributed by atoms with Crippen molar-refractivity contribution in [2.45, 2.75) is 53.0 Å². The predicted octanol–water partition coefficient (Wildman–Crippen LogP) is 2.17. The molecule has 0 spiro atoms. The van der Waals surface area contributed by atoms with Crippen molar-refractivity contribution in [1.82, 2.24) is 15.2 Å². The van der Waals surface area contributed by atoms with Gasteiger partial charge in [0.2, 0.25) is 5.91 Å². The highest BCUT2D eigenvalue weighted by molar-refractivity contribution is 5.84. The van der Waals surface area contributed by atoms with Gasteiger partial charge in [-0.2, -0.15) is 9.78 Å². The summed E-state index contributed by atoms with van der Waals surface area (Å²) in [6, 6.07) is 1.40. The average Bonchev–Trinajstić information content (AvgIpc) is 2.78. The second-order valence-electron chi connectivity index (χ2n) is 4.90. The largest absolute Gasteiger partial charge is 0.390 e. The second kappa shape index (κ2) is 8.13. The molecule has 0 saturated carbocycles. The van der Waals surface area contributed by atoms with Crippen LogP contribution in [0.4, 0.5) is 5.82 Å². The van der Waals surface area contributed by atoms with Crippen molar-refractivity contribution in [3.05, 3.63) is 21.9 Å². The molecular formula is C13H21N5O3. The first-order valence-electron chi connectivity index (χ1n) is 6.95. The molecule has 116 valence electrons. The summed E-state index contributed by atoms with van der Waals surface area (Å²) in [6.07, 6.45) is 3.39. The van der Waals surface area contributed by atoms with Gasteiger partial charge in [0.25, 0.3) is 0 Å². The second-order valence-corrected chi connectivity index (χ2v) is 4.90. The van der Waals surface area contributed by atoms with Crippen LogP contribution < -0.4 is 5.43 Å². The molecule has 0 aromatic carbocycles. The summed E-state index contributed by atoms with van der Waals surface area (Å²) in [6.45, 7) is 5.84. The lowest BCUT2D eigenvalue weighted by molar-refractivity contribution is -0.389. The number of nitrogens with one attached hydrogen (secondary N) is 1. The molecule has 0 bridgehead atoms. The summed E-state index contributed by atoms with van der Waals surface area (Å²) >= 11 is 0. The summed E-state index contributed by atoms with van der Waals surface area (Å²) in [4.78, 5) is 21.6. The summed E-state index contributed by atoms with van der Waals surface area (Å²) in [7, 11) is 0. The van der Waals surface area contributed by atoms with E-state index in [1.807, 2.05) is 0 Å². The summed E-state index contributed by atoms with van der Waals surface area (Å²) in [5.41, 5.74) is 3.78. The summed E-state index contributed by atoms with van der Waals surface area (Å²) in [5.74, 6) is -0.310. The fraction of sp³-hybridized carbons (Fsp3) is 0.615. The van der Waals surface area contributed by atoms with Crippen LogP contribution in [0.3, 0.4) is 0 Å². The zero-order valence-corrected chi connectivity index (χ0v) is 12.6. The maximum atomic E-state index is 11.5. The van der Waals surface area contributed by atoms with Gasteiger partial charge in [-0.25, -0.2) is 5.43 Å². The number of hydrazone groups is 1. The van der Waals surface area contributed by atoms with Crippen molar-refractivity contribution in [2.75, 3.05) is 0 Å². The van der Waals surface area contributed by atoms with Gasteiger partial charge in [-0.05, 0) is 25.2 Å². The third-order valence-electron chi connectivity index (χ3n) is 2.91. The van der Waals surface area contributed by atoms with Crippen molar-refractivity contribution in [3.8, 4) is 0 Å². The Morgan fingerprint density at radius 1 is 1.52 bits per heavy atom. The summed E-state index contributed by atoms with van der Waals surface area (Å²) < 4.78 is 1.49. The number of hydrogen-bond acceptors (Lipinski definition) is 5. The van der Waals surface area contributed by atoms with E-state index in [4.69, 9.17) is 0 Å². The van der Waals surface area contributed by atoms with Gasteiger partial charge < -0.3 is 10.1 Å². The highest BCUT2D eigenvalue weighted by Crippen LogP contribution is 2.10. The molecule has 0 saturated heterocycles. The van der Waals surface area contributed by atoms with E-state index in [1.165, 1.54) is 10.7 Å². The van der Waals surface area contributed by atoms with E-state index in [0.29, 0.717) is 24.4 Å². The number of unbranched alkanes of at least 4 members (excludes halogenated alkanes) is 2. The molecule has 0 aliphatic carbocycles. The van der Waals surface area contributed by atoms with E-state index in [9.17, 15) is 14.9 Å². The van der Waals surface area contributed by atoms with Gasteiger partial charge >= 0.3 is 5.82 Å². The minimum atomic E-state index is -0.536. The van der Waals surface area contributed by atoms with Crippen molar-refractivity contribution >= 4 is 17.4 Å². The number of carbonyl (C=O) groups is 1. The highest BCUT2D eigenvalue weighted by Gasteiger charge is 2.15. The monoisotopic (exact) mass is 295 g/mol. The van der Waals surface area contributed by atoms with Gasteiger partial charge in [-0.3, -0.25) is 4.79 Å². The Morgan fingerprint density at radius 3 is 2.81 bits per heavy atom. The Hall–Kier alpha value is -2.25. The smallest absolute Gasteiger partial charge is 0.358 e. The van der Waals surface area contributed by atoms with Crippen molar-refractivity contribution in [2.24, 2.45) is 5.10 Å². The van der Waals surface area contributed by atoms with Crippen LogP contribution in [-0.4, -0.2) is 26.3 Å². The van der Waals surface area contributed by atoms with Gasteiger partial charge in [0, 0.05) is 6.42 Å². The first-order chi connectivity index (χ1) is 9.93. The van der Waals surface area contributed by atoms with Crippen LogP contribution in [0.1, 0.15) is 45.2 Å². The molecule has 0 fully saturated rings.